The van der Waals surface area contributed by atoms with Crippen LogP contribution < -0.4 is 5.32 Å². The molecular weight excluding hydrogens is 613 g/mol. The van der Waals surface area contributed by atoms with Crippen LogP contribution in [0.4, 0.5) is 4.39 Å². The molecule has 1 saturated heterocycles. The lowest BCUT2D eigenvalue weighted by molar-refractivity contribution is -0.141. The minimum absolute atomic E-state index is 0.0766. The lowest BCUT2D eigenvalue weighted by Gasteiger charge is -2.32. The van der Waals surface area contributed by atoms with E-state index in [0.717, 1.165) is 24.0 Å². The Bertz CT molecular complexity index is 1700. The van der Waals surface area contributed by atoms with Gasteiger partial charge in [-0.05, 0) is 77.9 Å². The second-order valence-corrected chi connectivity index (χ2v) is 13.4. The molecule has 0 radical (unpaired) electrons. The fourth-order valence-electron chi connectivity index (χ4n) is 5.41. The van der Waals surface area contributed by atoms with Crippen LogP contribution in [0.3, 0.4) is 0 Å². The summed E-state index contributed by atoms with van der Waals surface area (Å²) in [5.41, 5.74) is 2.96. The molecule has 0 aliphatic carbocycles. The third-order valence-corrected chi connectivity index (χ3v) is 10.1. The van der Waals surface area contributed by atoms with Gasteiger partial charge in [-0.15, -0.1) is 0 Å². The topological polar surface area (TPSA) is 86.8 Å². The molecule has 1 N–H and O–H groups in total. The molecule has 2 amide bonds. The van der Waals surface area contributed by atoms with Gasteiger partial charge in [0.15, 0.2) is 0 Å². The van der Waals surface area contributed by atoms with Crippen LogP contribution in [-0.2, 0) is 39.1 Å². The number of carbonyl (C=O) groups is 2. The second-order valence-electron chi connectivity index (χ2n) is 11.1. The van der Waals surface area contributed by atoms with Gasteiger partial charge in [-0.1, -0.05) is 78.3 Å². The maximum Gasteiger partial charge on any atom is 0.247 e. The molecule has 0 aromatic heterocycles. The lowest BCUT2D eigenvalue weighted by atomic mass is 10.0. The van der Waals surface area contributed by atoms with Gasteiger partial charge < -0.3 is 10.2 Å². The average Bonchev–Trinajstić information content (AvgIpc) is 3.61. The zero-order chi connectivity index (χ0) is 31.8. The van der Waals surface area contributed by atoms with Crippen LogP contribution in [0.5, 0.6) is 0 Å². The molecule has 4 aromatic rings. The Hall–Kier alpha value is -4.05. The van der Waals surface area contributed by atoms with Crippen molar-refractivity contribution in [2.45, 2.75) is 49.7 Å². The second kappa shape index (κ2) is 14.8. The highest BCUT2D eigenvalue weighted by Crippen LogP contribution is 2.26. The van der Waals surface area contributed by atoms with Gasteiger partial charge in [0.1, 0.15) is 11.9 Å². The van der Waals surface area contributed by atoms with Crippen molar-refractivity contribution in [3.63, 3.8) is 0 Å². The van der Waals surface area contributed by atoms with Crippen LogP contribution >= 0.6 is 11.6 Å². The molecule has 0 spiro atoms. The first kappa shape index (κ1) is 32.3. The Morgan fingerprint density at radius 3 is 2.07 bits per heavy atom. The molecule has 1 atom stereocenters. The van der Waals surface area contributed by atoms with E-state index in [0.29, 0.717) is 35.7 Å². The zero-order valence-corrected chi connectivity index (χ0v) is 26.3. The number of nitrogens with one attached hydrogen (secondary N) is 1. The SMILES string of the molecule is O=C(NCc1ccc(Cl)cc1)C(c1ccccc1)N(Cc1ccc(F)cc1)C(=O)CCc1ccc(S(=O)(=O)N2CCCC2)cc1. The molecule has 1 fully saturated rings. The standard InChI is InChI=1S/C35H35ClFN3O4S/c36-30-15-8-27(9-16-30)24-38-35(42)34(29-6-2-1-3-7-29)40(25-28-10-17-31(37)18-11-28)33(41)21-14-26-12-19-32(20-13-26)45(43,44)39-22-4-5-23-39/h1-3,6-13,15-20,34H,4-5,14,21-25H2,(H,38,42). The number of carbonyl (C=O) groups excluding carboxylic acids is 2. The number of benzene rings is 4. The van der Waals surface area contributed by atoms with Crippen molar-refractivity contribution in [1.82, 2.24) is 14.5 Å². The summed E-state index contributed by atoms with van der Waals surface area (Å²) in [7, 11) is -3.54. The first-order chi connectivity index (χ1) is 21.7. The quantitative estimate of drug-likeness (QED) is 0.196. The summed E-state index contributed by atoms with van der Waals surface area (Å²) < 4.78 is 41.1. The summed E-state index contributed by atoms with van der Waals surface area (Å²) in [5.74, 6) is -1.03. The number of rotatable bonds is 12. The van der Waals surface area contributed by atoms with E-state index in [4.69, 9.17) is 11.6 Å². The van der Waals surface area contributed by atoms with E-state index in [1.165, 1.54) is 21.3 Å². The zero-order valence-electron chi connectivity index (χ0n) is 24.7. The summed E-state index contributed by atoms with van der Waals surface area (Å²) in [5, 5.41) is 3.56. The minimum atomic E-state index is -3.54. The predicted molar refractivity (Wildman–Crippen MR) is 172 cm³/mol. The number of nitrogens with zero attached hydrogens (tertiary/aromatic N) is 2. The van der Waals surface area contributed by atoms with E-state index in [9.17, 15) is 22.4 Å². The van der Waals surface area contributed by atoms with Crippen molar-refractivity contribution >= 4 is 33.4 Å². The van der Waals surface area contributed by atoms with Gasteiger partial charge in [-0.2, -0.15) is 4.31 Å². The third kappa shape index (κ3) is 8.36. The summed E-state index contributed by atoms with van der Waals surface area (Å²) in [6, 6.07) is 27.7. The maximum atomic E-state index is 14.0. The molecule has 45 heavy (non-hydrogen) atoms. The number of sulfonamides is 1. The fourth-order valence-corrected chi connectivity index (χ4v) is 7.05. The molecular formula is C35H35ClFN3O4S. The molecule has 5 rings (SSSR count). The number of halogens is 2. The van der Waals surface area contributed by atoms with Gasteiger partial charge in [0.05, 0.1) is 4.90 Å². The van der Waals surface area contributed by atoms with Crippen molar-refractivity contribution in [3.05, 3.63) is 136 Å². The molecule has 234 valence electrons. The first-order valence-corrected chi connectivity index (χ1v) is 16.7. The van der Waals surface area contributed by atoms with E-state index >= 15 is 0 Å². The van der Waals surface area contributed by atoms with Gasteiger partial charge >= 0.3 is 0 Å². The minimum Gasteiger partial charge on any atom is -0.350 e. The first-order valence-electron chi connectivity index (χ1n) is 14.9. The molecule has 1 aliphatic heterocycles. The normalized spacial score (nSPS) is 14.2. The Kier molecular flexibility index (Phi) is 10.7. The molecule has 7 nitrogen and oxygen atoms in total. The number of amides is 2. The predicted octanol–water partition coefficient (Wildman–Crippen LogP) is 6.28. The summed E-state index contributed by atoms with van der Waals surface area (Å²) in [6.07, 6.45) is 2.14. The highest BCUT2D eigenvalue weighted by atomic mass is 35.5. The van der Waals surface area contributed by atoms with Crippen LogP contribution in [-0.4, -0.2) is 42.5 Å². The van der Waals surface area contributed by atoms with E-state index in [1.54, 1.807) is 60.7 Å². The fraction of sp³-hybridized carbons (Fsp3) is 0.257. The van der Waals surface area contributed by atoms with Crippen LogP contribution in [0.1, 0.15) is 47.6 Å². The van der Waals surface area contributed by atoms with E-state index < -0.39 is 21.9 Å². The van der Waals surface area contributed by atoms with Crippen LogP contribution in [0.15, 0.2) is 108 Å². The average molecular weight is 648 g/mol. The van der Waals surface area contributed by atoms with E-state index in [-0.39, 0.29) is 36.2 Å². The summed E-state index contributed by atoms with van der Waals surface area (Å²) in [4.78, 5) is 29.6. The molecule has 1 aliphatic rings. The van der Waals surface area contributed by atoms with Crippen molar-refractivity contribution in [1.29, 1.82) is 0 Å². The third-order valence-electron chi connectivity index (χ3n) is 7.90. The van der Waals surface area contributed by atoms with Crippen LogP contribution in [0, 0.1) is 5.82 Å². The monoisotopic (exact) mass is 647 g/mol. The van der Waals surface area contributed by atoms with Crippen molar-refractivity contribution < 1.29 is 22.4 Å². The number of hydrogen-bond donors (Lipinski definition) is 1. The highest BCUT2D eigenvalue weighted by molar-refractivity contribution is 7.89. The summed E-state index contributed by atoms with van der Waals surface area (Å²) in [6.45, 7) is 1.38. The maximum absolute atomic E-state index is 14.0. The van der Waals surface area contributed by atoms with Gasteiger partial charge in [-0.25, -0.2) is 12.8 Å². The largest absolute Gasteiger partial charge is 0.350 e. The van der Waals surface area contributed by atoms with Gasteiger partial charge in [-0.3, -0.25) is 9.59 Å². The molecule has 1 unspecified atom stereocenters. The molecule has 0 saturated carbocycles. The number of aryl methyl sites for hydroxylation is 1. The van der Waals surface area contributed by atoms with E-state index in [1.807, 2.05) is 30.3 Å². The molecule has 4 aromatic carbocycles. The van der Waals surface area contributed by atoms with E-state index in [2.05, 4.69) is 5.32 Å². The van der Waals surface area contributed by atoms with Gasteiger partial charge in [0.2, 0.25) is 21.8 Å². The Morgan fingerprint density at radius 1 is 0.822 bits per heavy atom. The van der Waals surface area contributed by atoms with Gasteiger partial charge in [0, 0.05) is 37.6 Å². The highest BCUT2D eigenvalue weighted by Gasteiger charge is 2.32. The van der Waals surface area contributed by atoms with Crippen LogP contribution in [0.2, 0.25) is 5.02 Å². The summed E-state index contributed by atoms with van der Waals surface area (Å²) >= 11 is 6.01. The Morgan fingerprint density at radius 2 is 1.42 bits per heavy atom. The Balaban J connectivity index is 1.37. The number of hydrogen-bond acceptors (Lipinski definition) is 4. The Labute approximate surface area is 268 Å². The smallest absolute Gasteiger partial charge is 0.247 e. The van der Waals surface area contributed by atoms with Crippen LogP contribution in [0.25, 0.3) is 0 Å². The molecule has 1 heterocycles. The van der Waals surface area contributed by atoms with Crippen molar-refractivity contribution in [2.75, 3.05) is 13.1 Å². The molecule has 0 bridgehead atoms. The van der Waals surface area contributed by atoms with Crippen molar-refractivity contribution in [2.24, 2.45) is 0 Å². The van der Waals surface area contributed by atoms with Gasteiger partial charge in [0.25, 0.3) is 0 Å². The lowest BCUT2D eigenvalue weighted by Crippen LogP contribution is -2.43. The van der Waals surface area contributed by atoms with Crippen molar-refractivity contribution in [3.8, 4) is 0 Å². The molecule has 10 heteroatoms.